The van der Waals surface area contributed by atoms with Crippen LogP contribution in [0.25, 0.3) is 0 Å². The average molecular weight is 435 g/mol. The van der Waals surface area contributed by atoms with E-state index >= 15 is 0 Å². The van der Waals surface area contributed by atoms with Gasteiger partial charge in [-0.05, 0) is 35.2 Å². The smallest absolute Gasteiger partial charge is 0.362 e. The molecule has 1 aliphatic rings. The first kappa shape index (κ1) is 22.6. The highest BCUT2D eigenvalue weighted by molar-refractivity contribution is 5.94. The molecule has 1 saturated heterocycles. The molecule has 2 aromatic carbocycles. The minimum atomic E-state index is -4.66. The summed E-state index contributed by atoms with van der Waals surface area (Å²) >= 11 is 0. The third-order valence-corrected chi connectivity index (χ3v) is 5.40. The van der Waals surface area contributed by atoms with Gasteiger partial charge in [-0.3, -0.25) is 14.9 Å². The number of rotatable bonds is 3. The van der Waals surface area contributed by atoms with Crippen LogP contribution >= 0.6 is 0 Å². The summed E-state index contributed by atoms with van der Waals surface area (Å²) in [4.78, 5) is 26.6. The van der Waals surface area contributed by atoms with Crippen molar-refractivity contribution in [2.45, 2.75) is 32.4 Å². The zero-order chi connectivity index (χ0) is 23.0. The maximum atomic E-state index is 12.9. The first-order chi connectivity index (χ1) is 14.4. The lowest BCUT2D eigenvalue weighted by molar-refractivity contribution is -0.384. The summed E-state index contributed by atoms with van der Waals surface area (Å²) < 4.78 is 38.7. The summed E-state index contributed by atoms with van der Waals surface area (Å²) in [5.41, 5.74) is 0.122. The van der Waals surface area contributed by atoms with Crippen molar-refractivity contribution in [3.63, 3.8) is 0 Å². The number of carbonyl (C=O) groups excluding carboxylic acids is 1. The highest BCUT2D eigenvalue weighted by atomic mass is 19.4. The third kappa shape index (κ3) is 4.98. The first-order valence-corrected chi connectivity index (χ1v) is 9.88. The maximum Gasteiger partial charge on any atom is 0.416 e. The molecule has 0 bridgehead atoms. The summed E-state index contributed by atoms with van der Waals surface area (Å²) in [5.74, 6) is -0.137. The number of halogens is 3. The molecule has 1 heterocycles. The second-order valence-corrected chi connectivity index (χ2v) is 8.56. The van der Waals surface area contributed by atoms with E-state index in [2.05, 4.69) is 20.8 Å². The number of anilines is 1. The molecule has 0 N–H and O–H groups in total. The van der Waals surface area contributed by atoms with Crippen LogP contribution in [-0.4, -0.2) is 41.9 Å². The van der Waals surface area contributed by atoms with Crippen molar-refractivity contribution in [1.29, 1.82) is 0 Å². The van der Waals surface area contributed by atoms with Gasteiger partial charge >= 0.3 is 6.18 Å². The Kier molecular flexibility index (Phi) is 5.98. The highest BCUT2D eigenvalue weighted by Gasteiger charge is 2.34. The molecule has 0 aliphatic carbocycles. The Morgan fingerprint density at radius 1 is 0.935 bits per heavy atom. The molecule has 0 radical (unpaired) electrons. The first-order valence-electron chi connectivity index (χ1n) is 9.88. The minimum absolute atomic E-state index is 0.0242. The van der Waals surface area contributed by atoms with E-state index in [0.717, 1.165) is 17.7 Å². The Morgan fingerprint density at radius 2 is 1.48 bits per heavy atom. The summed E-state index contributed by atoms with van der Waals surface area (Å²) in [6, 6.07) is 9.96. The van der Waals surface area contributed by atoms with E-state index in [1.165, 1.54) is 0 Å². The van der Waals surface area contributed by atoms with Crippen LogP contribution in [0.15, 0.2) is 42.5 Å². The van der Waals surface area contributed by atoms with Gasteiger partial charge in [0.25, 0.3) is 11.6 Å². The molecule has 9 heteroatoms. The Labute approximate surface area is 178 Å². The fourth-order valence-corrected chi connectivity index (χ4v) is 3.56. The topological polar surface area (TPSA) is 66.7 Å². The van der Waals surface area contributed by atoms with E-state index in [1.807, 2.05) is 12.1 Å². The maximum absolute atomic E-state index is 12.9. The molecule has 31 heavy (non-hydrogen) atoms. The van der Waals surface area contributed by atoms with Gasteiger partial charge in [0.1, 0.15) is 5.69 Å². The van der Waals surface area contributed by atoms with E-state index in [0.29, 0.717) is 24.7 Å². The van der Waals surface area contributed by atoms with Crippen molar-refractivity contribution in [3.8, 4) is 0 Å². The predicted molar refractivity (Wildman–Crippen MR) is 111 cm³/mol. The van der Waals surface area contributed by atoms with Gasteiger partial charge in [0, 0.05) is 37.8 Å². The highest BCUT2D eigenvalue weighted by Crippen LogP contribution is 2.36. The quantitative estimate of drug-likeness (QED) is 0.510. The number of piperazine rings is 1. The molecular formula is C22H24F3N3O3. The Bertz CT molecular complexity index is 974. The van der Waals surface area contributed by atoms with E-state index < -0.39 is 22.4 Å². The van der Waals surface area contributed by atoms with Gasteiger partial charge in [-0.15, -0.1) is 0 Å². The number of hydrogen-bond acceptors (Lipinski definition) is 4. The number of alkyl halides is 3. The molecule has 0 saturated carbocycles. The molecule has 6 nitrogen and oxygen atoms in total. The molecule has 166 valence electrons. The monoisotopic (exact) mass is 435 g/mol. The van der Waals surface area contributed by atoms with Crippen molar-refractivity contribution in [1.82, 2.24) is 4.90 Å². The van der Waals surface area contributed by atoms with Crippen molar-refractivity contribution in [2.75, 3.05) is 31.1 Å². The molecule has 1 amide bonds. The molecule has 0 atom stereocenters. The van der Waals surface area contributed by atoms with Crippen molar-refractivity contribution >= 4 is 17.3 Å². The lowest BCUT2D eigenvalue weighted by Crippen LogP contribution is -2.49. The number of amides is 1. The largest absolute Gasteiger partial charge is 0.416 e. The molecule has 1 fully saturated rings. The van der Waals surface area contributed by atoms with Gasteiger partial charge in [0.05, 0.1) is 10.5 Å². The van der Waals surface area contributed by atoms with Crippen LogP contribution in [0, 0.1) is 10.1 Å². The minimum Gasteiger partial charge on any atom is -0.362 e. The second-order valence-electron chi connectivity index (χ2n) is 8.56. The molecule has 0 aromatic heterocycles. The Balaban J connectivity index is 1.72. The third-order valence-electron chi connectivity index (χ3n) is 5.40. The van der Waals surface area contributed by atoms with Gasteiger partial charge in [-0.1, -0.05) is 32.9 Å². The van der Waals surface area contributed by atoms with Crippen molar-refractivity contribution in [2.24, 2.45) is 0 Å². The van der Waals surface area contributed by atoms with Crippen molar-refractivity contribution < 1.29 is 22.9 Å². The van der Waals surface area contributed by atoms with Crippen LogP contribution in [0.1, 0.15) is 42.3 Å². The van der Waals surface area contributed by atoms with Crippen LogP contribution < -0.4 is 4.90 Å². The van der Waals surface area contributed by atoms with Gasteiger partial charge in [0.15, 0.2) is 0 Å². The number of nitrogens with zero attached hydrogens (tertiary/aromatic N) is 3. The standard InChI is InChI=1S/C22H24F3N3O3/c1-21(2,3)16-6-4-15(5-7-16)20(29)27-12-10-26(11-13-27)18-9-8-17(22(23,24)25)14-19(18)28(30)31/h4-9,14H,10-13H2,1-3H3. The number of benzene rings is 2. The SMILES string of the molecule is CC(C)(C)c1ccc(C(=O)N2CCN(c3ccc(C(F)(F)F)cc3[N+](=O)[O-])CC2)cc1. The normalized spacial score (nSPS) is 15.2. The zero-order valence-electron chi connectivity index (χ0n) is 17.6. The van der Waals surface area contributed by atoms with Crippen molar-refractivity contribution in [3.05, 3.63) is 69.3 Å². The van der Waals surface area contributed by atoms with Gasteiger partial charge < -0.3 is 9.80 Å². The zero-order valence-corrected chi connectivity index (χ0v) is 17.6. The molecule has 0 spiro atoms. The van der Waals surface area contributed by atoms with Crippen LogP contribution in [0.5, 0.6) is 0 Å². The van der Waals surface area contributed by atoms with Gasteiger partial charge in [0.2, 0.25) is 0 Å². The molecule has 2 aromatic rings. The fourth-order valence-electron chi connectivity index (χ4n) is 3.56. The van der Waals surface area contributed by atoms with Crippen LogP contribution in [0.4, 0.5) is 24.5 Å². The summed E-state index contributed by atoms with van der Waals surface area (Å²) in [7, 11) is 0. The number of nitro benzene ring substituents is 1. The number of nitro groups is 1. The van der Waals surface area contributed by atoms with Gasteiger partial charge in [-0.2, -0.15) is 13.2 Å². The Morgan fingerprint density at radius 3 is 1.97 bits per heavy atom. The predicted octanol–water partition coefficient (Wildman–Crippen LogP) is 4.87. The van der Waals surface area contributed by atoms with Crippen LogP contribution in [0.2, 0.25) is 0 Å². The van der Waals surface area contributed by atoms with E-state index in [1.54, 1.807) is 21.9 Å². The number of carbonyl (C=O) groups is 1. The van der Waals surface area contributed by atoms with E-state index in [9.17, 15) is 28.1 Å². The lowest BCUT2D eigenvalue weighted by Gasteiger charge is -2.36. The van der Waals surface area contributed by atoms with E-state index in [4.69, 9.17) is 0 Å². The molecule has 3 rings (SSSR count). The summed E-state index contributed by atoms with van der Waals surface area (Å²) in [6.45, 7) is 7.47. The Hall–Kier alpha value is -3.10. The van der Waals surface area contributed by atoms with Gasteiger partial charge in [-0.25, -0.2) is 0 Å². The fraction of sp³-hybridized carbons (Fsp3) is 0.409. The lowest BCUT2D eigenvalue weighted by atomic mass is 9.86. The van der Waals surface area contributed by atoms with Crippen LogP contribution in [-0.2, 0) is 11.6 Å². The summed E-state index contributed by atoms with van der Waals surface area (Å²) in [5, 5.41) is 11.3. The number of hydrogen-bond donors (Lipinski definition) is 0. The van der Waals surface area contributed by atoms with E-state index in [-0.39, 0.29) is 30.1 Å². The second kappa shape index (κ2) is 8.20. The summed E-state index contributed by atoms with van der Waals surface area (Å²) in [6.07, 6.45) is -4.66. The van der Waals surface area contributed by atoms with Crippen LogP contribution in [0.3, 0.4) is 0 Å². The molecule has 1 aliphatic heterocycles. The molecule has 0 unspecified atom stereocenters. The molecular weight excluding hydrogens is 411 g/mol. The average Bonchev–Trinajstić information content (AvgIpc) is 2.71.